The first-order chi connectivity index (χ1) is 17.1. The number of amides is 1. The van der Waals surface area contributed by atoms with Crippen molar-refractivity contribution < 1.29 is 9.72 Å². The van der Waals surface area contributed by atoms with Crippen molar-refractivity contribution in [3.05, 3.63) is 103 Å². The van der Waals surface area contributed by atoms with E-state index in [9.17, 15) is 19.7 Å². The van der Waals surface area contributed by atoms with E-state index in [1.165, 1.54) is 23.9 Å². The van der Waals surface area contributed by atoms with Crippen molar-refractivity contribution in [1.29, 1.82) is 0 Å². The molecule has 4 rings (SSSR count). The lowest BCUT2D eigenvalue weighted by Crippen LogP contribution is -2.30. The third kappa shape index (κ3) is 5.46. The summed E-state index contributed by atoms with van der Waals surface area (Å²) in [6.45, 7) is 7.71. The van der Waals surface area contributed by atoms with Gasteiger partial charge in [-0.15, -0.1) is 0 Å². The van der Waals surface area contributed by atoms with Crippen LogP contribution in [0.3, 0.4) is 0 Å². The molecule has 1 heterocycles. The normalized spacial score (nSPS) is 11.1. The minimum Gasteiger partial charge on any atom is -0.350 e. The van der Waals surface area contributed by atoms with Crippen LogP contribution in [0.1, 0.15) is 40.9 Å². The number of non-ortho nitro benzene ring substituents is 1. The van der Waals surface area contributed by atoms with Gasteiger partial charge in [0.15, 0.2) is 5.16 Å². The van der Waals surface area contributed by atoms with Gasteiger partial charge in [0.1, 0.15) is 0 Å². The minimum atomic E-state index is -0.438. The van der Waals surface area contributed by atoms with Crippen LogP contribution < -0.4 is 10.9 Å². The highest BCUT2D eigenvalue weighted by Gasteiger charge is 2.17. The van der Waals surface area contributed by atoms with Gasteiger partial charge in [-0.1, -0.05) is 30.0 Å². The second kappa shape index (κ2) is 10.3. The van der Waals surface area contributed by atoms with E-state index < -0.39 is 4.92 Å². The number of carbonyl (C=O) groups is 1. The third-order valence-electron chi connectivity index (χ3n) is 5.50. The maximum atomic E-state index is 13.7. The molecule has 1 amide bonds. The first kappa shape index (κ1) is 25.1. The molecule has 36 heavy (non-hydrogen) atoms. The fourth-order valence-electron chi connectivity index (χ4n) is 3.92. The summed E-state index contributed by atoms with van der Waals surface area (Å²) < 4.78 is 1.59. The van der Waals surface area contributed by atoms with Crippen LogP contribution in [0.2, 0.25) is 0 Å². The van der Waals surface area contributed by atoms with Crippen molar-refractivity contribution in [3.63, 3.8) is 0 Å². The molecule has 0 fully saturated rings. The maximum Gasteiger partial charge on any atom is 0.269 e. The lowest BCUT2D eigenvalue weighted by atomic mass is 10.1. The topological polar surface area (TPSA) is 107 Å². The molecule has 0 unspecified atom stereocenters. The number of aromatic nitrogens is 2. The van der Waals surface area contributed by atoms with Gasteiger partial charge in [0.05, 0.1) is 21.5 Å². The molecule has 0 bridgehead atoms. The Morgan fingerprint density at radius 3 is 2.33 bits per heavy atom. The fourth-order valence-corrected chi connectivity index (χ4v) is 4.89. The molecular formula is C27H26N4O4S. The Hall–Kier alpha value is -3.98. The van der Waals surface area contributed by atoms with E-state index in [4.69, 9.17) is 4.98 Å². The zero-order valence-electron chi connectivity index (χ0n) is 20.4. The number of carbonyl (C=O) groups excluding carboxylic acids is 1. The first-order valence-corrected chi connectivity index (χ1v) is 12.4. The molecule has 0 saturated carbocycles. The minimum absolute atomic E-state index is 0.0203. The lowest BCUT2D eigenvalue weighted by molar-refractivity contribution is -0.384. The number of hydrogen-bond donors (Lipinski definition) is 1. The van der Waals surface area contributed by atoms with Crippen LogP contribution in [0, 0.1) is 24.0 Å². The Bertz CT molecular complexity index is 1510. The van der Waals surface area contributed by atoms with Crippen LogP contribution in [-0.2, 0) is 5.75 Å². The molecule has 3 aromatic carbocycles. The number of nitrogens with one attached hydrogen (secondary N) is 1. The first-order valence-electron chi connectivity index (χ1n) is 11.4. The predicted octanol–water partition coefficient (Wildman–Crippen LogP) is 5.34. The maximum absolute atomic E-state index is 13.7. The number of rotatable bonds is 7. The van der Waals surface area contributed by atoms with Gasteiger partial charge in [0.25, 0.3) is 17.2 Å². The summed E-state index contributed by atoms with van der Waals surface area (Å²) in [7, 11) is 0. The molecule has 0 saturated heterocycles. The highest BCUT2D eigenvalue weighted by Crippen LogP contribution is 2.27. The van der Waals surface area contributed by atoms with E-state index >= 15 is 0 Å². The molecule has 0 aliphatic carbocycles. The molecule has 0 aliphatic heterocycles. The van der Waals surface area contributed by atoms with Crippen LogP contribution in [0.5, 0.6) is 0 Å². The summed E-state index contributed by atoms with van der Waals surface area (Å²) in [6.07, 6.45) is 0. The average molecular weight is 503 g/mol. The Balaban J connectivity index is 1.82. The van der Waals surface area contributed by atoms with Crippen LogP contribution in [0.25, 0.3) is 16.6 Å². The van der Waals surface area contributed by atoms with Gasteiger partial charge < -0.3 is 5.32 Å². The molecule has 0 spiro atoms. The SMILES string of the molecule is Cc1cc(C)cc(-n2c(SCc3ccc([N+](=O)[O-])cc3)nc3cc(C(=O)NC(C)C)ccc3c2=O)c1. The van der Waals surface area contributed by atoms with Gasteiger partial charge in [-0.3, -0.25) is 24.3 Å². The monoisotopic (exact) mass is 502 g/mol. The van der Waals surface area contributed by atoms with Gasteiger partial charge in [-0.05, 0) is 74.7 Å². The summed E-state index contributed by atoms with van der Waals surface area (Å²) in [5.74, 6) is 0.223. The van der Waals surface area contributed by atoms with Crippen LogP contribution in [0.4, 0.5) is 5.69 Å². The molecule has 0 radical (unpaired) electrons. The van der Waals surface area contributed by atoms with Gasteiger partial charge in [-0.2, -0.15) is 0 Å². The van der Waals surface area contributed by atoms with Crippen molar-refractivity contribution in [2.24, 2.45) is 0 Å². The van der Waals surface area contributed by atoms with Crippen molar-refractivity contribution in [3.8, 4) is 5.69 Å². The molecule has 1 aromatic heterocycles. The van der Waals surface area contributed by atoms with Crippen LogP contribution in [0.15, 0.2) is 70.6 Å². The smallest absolute Gasteiger partial charge is 0.269 e. The number of nitro benzene ring substituents is 1. The van der Waals surface area contributed by atoms with Gasteiger partial charge in [0, 0.05) is 29.5 Å². The van der Waals surface area contributed by atoms with Gasteiger partial charge in [0.2, 0.25) is 0 Å². The number of nitrogens with zero attached hydrogens (tertiary/aromatic N) is 3. The van der Waals surface area contributed by atoms with E-state index in [2.05, 4.69) is 5.32 Å². The zero-order chi connectivity index (χ0) is 26.0. The predicted molar refractivity (Wildman–Crippen MR) is 142 cm³/mol. The number of nitro groups is 1. The van der Waals surface area contributed by atoms with E-state index in [0.29, 0.717) is 33.1 Å². The van der Waals surface area contributed by atoms with Crippen molar-refractivity contribution >= 4 is 34.3 Å². The number of thioether (sulfide) groups is 1. The molecule has 0 aliphatic rings. The van der Waals surface area contributed by atoms with Crippen LogP contribution >= 0.6 is 11.8 Å². The Morgan fingerprint density at radius 1 is 1.06 bits per heavy atom. The fraction of sp³-hybridized carbons (Fsp3) is 0.222. The van der Waals surface area contributed by atoms with E-state index in [1.54, 1.807) is 34.9 Å². The number of hydrogen-bond acceptors (Lipinski definition) is 6. The third-order valence-corrected chi connectivity index (χ3v) is 6.51. The highest BCUT2D eigenvalue weighted by atomic mass is 32.2. The molecule has 9 heteroatoms. The molecule has 4 aromatic rings. The molecule has 8 nitrogen and oxygen atoms in total. The second-order valence-corrected chi connectivity index (χ2v) is 9.90. The van der Waals surface area contributed by atoms with Crippen molar-refractivity contribution in [2.75, 3.05) is 0 Å². The number of benzene rings is 3. The summed E-state index contributed by atoms with van der Waals surface area (Å²) in [6, 6.07) is 17.1. The van der Waals surface area contributed by atoms with Crippen LogP contribution in [-0.4, -0.2) is 26.4 Å². The van der Waals surface area contributed by atoms with Crippen molar-refractivity contribution in [1.82, 2.24) is 14.9 Å². The van der Waals surface area contributed by atoms with Gasteiger partial charge >= 0.3 is 0 Å². The zero-order valence-corrected chi connectivity index (χ0v) is 21.3. The Kier molecular flexibility index (Phi) is 7.21. The Morgan fingerprint density at radius 2 is 1.72 bits per heavy atom. The molecule has 1 N–H and O–H groups in total. The molecule has 184 valence electrons. The Labute approximate surface area is 212 Å². The summed E-state index contributed by atoms with van der Waals surface area (Å²) in [5, 5.41) is 14.7. The van der Waals surface area contributed by atoms with E-state index in [1.807, 2.05) is 45.9 Å². The standard InChI is InChI=1S/C27H26N4O4S/c1-16(2)28-25(32)20-7-10-23-24(14-20)29-27(36-15-19-5-8-21(9-6-19)31(34)35)30(26(23)33)22-12-17(3)11-18(4)13-22/h5-14,16H,15H2,1-4H3,(H,28,32). The van der Waals surface area contributed by atoms with Crippen molar-refractivity contribution in [2.45, 2.75) is 44.6 Å². The molecule has 0 atom stereocenters. The largest absolute Gasteiger partial charge is 0.350 e. The highest BCUT2D eigenvalue weighted by molar-refractivity contribution is 7.98. The second-order valence-electron chi connectivity index (χ2n) is 8.95. The summed E-state index contributed by atoms with van der Waals surface area (Å²) in [4.78, 5) is 41.6. The number of fused-ring (bicyclic) bond motifs is 1. The van der Waals surface area contributed by atoms with E-state index in [-0.39, 0.29) is 23.2 Å². The van der Waals surface area contributed by atoms with E-state index in [0.717, 1.165) is 16.7 Å². The summed E-state index contributed by atoms with van der Waals surface area (Å²) >= 11 is 1.36. The summed E-state index contributed by atoms with van der Waals surface area (Å²) in [5.41, 5.74) is 4.26. The number of aryl methyl sites for hydroxylation is 2. The van der Waals surface area contributed by atoms with Gasteiger partial charge in [-0.25, -0.2) is 4.98 Å². The molecular weight excluding hydrogens is 476 g/mol. The quantitative estimate of drug-likeness (QED) is 0.158. The lowest BCUT2D eigenvalue weighted by Gasteiger charge is -2.15. The average Bonchev–Trinajstić information content (AvgIpc) is 2.81.